The van der Waals surface area contributed by atoms with Crippen molar-refractivity contribution in [3.63, 3.8) is 0 Å². The van der Waals surface area contributed by atoms with Crippen LogP contribution in [0.2, 0.25) is 5.02 Å². The fraction of sp³-hybridized carbons (Fsp3) is 0.167. The van der Waals surface area contributed by atoms with Gasteiger partial charge in [-0.2, -0.15) is 13.2 Å². The predicted molar refractivity (Wildman–Crippen MR) is 145 cm³/mol. The molecule has 0 atom stereocenters. The fourth-order valence-electron chi connectivity index (χ4n) is 3.67. The molecule has 9 heteroatoms. The van der Waals surface area contributed by atoms with Gasteiger partial charge in [-0.15, -0.1) is 0 Å². The van der Waals surface area contributed by atoms with Gasteiger partial charge in [0.2, 0.25) is 0 Å². The number of alkyl halides is 3. The molecule has 0 radical (unpaired) electrons. The van der Waals surface area contributed by atoms with Crippen LogP contribution in [-0.2, 0) is 31.0 Å². The Morgan fingerprint density at radius 3 is 1.77 bits per heavy atom. The molecule has 0 saturated heterocycles. The van der Waals surface area contributed by atoms with E-state index in [1.54, 1.807) is 0 Å². The van der Waals surface area contributed by atoms with Crippen molar-refractivity contribution >= 4 is 17.6 Å². The number of ether oxygens (including phenoxy) is 1. The summed E-state index contributed by atoms with van der Waals surface area (Å²) in [7, 11) is 0. The van der Waals surface area contributed by atoms with Crippen molar-refractivity contribution < 1.29 is 27.8 Å². The summed E-state index contributed by atoms with van der Waals surface area (Å²) in [6.45, 7) is 3.03. The van der Waals surface area contributed by atoms with Gasteiger partial charge in [0.05, 0.1) is 0 Å². The van der Waals surface area contributed by atoms with E-state index < -0.39 is 12.1 Å². The van der Waals surface area contributed by atoms with E-state index in [1.807, 2.05) is 54.6 Å². The zero-order valence-electron chi connectivity index (χ0n) is 20.9. The summed E-state index contributed by atoms with van der Waals surface area (Å²) in [5.41, 5.74) is 10.7. The Bertz CT molecular complexity index is 1320. The Kier molecular flexibility index (Phi) is 10.9. The number of nitrogens with zero attached hydrogens (tertiary/aromatic N) is 1. The zero-order chi connectivity index (χ0) is 28.3. The lowest BCUT2D eigenvalue weighted by Crippen LogP contribution is -2.22. The molecule has 5 nitrogen and oxygen atoms in total. The first-order chi connectivity index (χ1) is 18.6. The van der Waals surface area contributed by atoms with Crippen LogP contribution in [0.3, 0.4) is 0 Å². The topological polar surface area (TPSA) is 75.8 Å². The minimum Gasteiger partial charge on any atom is -0.475 e. The summed E-state index contributed by atoms with van der Waals surface area (Å²) in [5.74, 6) is -1.09. The number of nitrogens with two attached hydrogens (primary N) is 1. The maximum absolute atomic E-state index is 10.6. The molecule has 39 heavy (non-hydrogen) atoms. The molecule has 0 amide bonds. The third kappa shape index (κ3) is 10.4. The standard InChI is InChI=1S/C28H27ClN2O.C2HF3O2/c29-26-13-9-22(10-14-26)19-31(21-25-6-4-5-24(17-25)18-30)20-23-11-15-28(16-12-23)32-27-7-2-1-3-8-27;3-2(4,5)1(6)7/h1-17H,18-21,30H2;(H,6,7). The second-order valence-corrected chi connectivity index (χ2v) is 9.09. The van der Waals surface area contributed by atoms with Crippen molar-refractivity contribution in [2.45, 2.75) is 32.4 Å². The molecular weight excluding hydrogens is 529 g/mol. The lowest BCUT2D eigenvalue weighted by Gasteiger charge is -2.23. The smallest absolute Gasteiger partial charge is 0.475 e. The number of halogens is 4. The lowest BCUT2D eigenvalue weighted by atomic mass is 10.1. The van der Waals surface area contributed by atoms with Crippen LogP contribution in [0.15, 0.2) is 103 Å². The number of carbonyl (C=O) groups is 1. The van der Waals surface area contributed by atoms with Gasteiger partial charge >= 0.3 is 12.1 Å². The van der Waals surface area contributed by atoms with Crippen LogP contribution in [0.25, 0.3) is 0 Å². The third-order valence-electron chi connectivity index (χ3n) is 5.50. The monoisotopic (exact) mass is 556 g/mol. The Morgan fingerprint density at radius 1 is 0.744 bits per heavy atom. The van der Waals surface area contributed by atoms with Crippen molar-refractivity contribution in [2.75, 3.05) is 0 Å². The van der Waals surface area contributed by atoms with Crippen molar-refractivity contribution in [3.8, 4) is 11.5 Å². The first-order valence-corrected chi connectivity index (χ1v) is 12.4. The number of hydrogen-bond acceptors (Lipinski definition) is 4. The van der Waals surface area contributed by atoms with E-state index >= 15 is 0 Å². The molecule has 0 fully saturated rings. The van der Waals surface area contributed by atoms with Crippen molar-refractivity contribution in [3.05, 3.63) is 130 Å². The summed E-state index contributed by atoms with van der Waals surface area (Å²) >= 11 is 6.08. The first kappa shape index (κ1) is 29.7. The molecule has 0 unspecified atom stereocenters. The fourth-order valence-corrected chi connectivity index (χ4v) is 3.80. The number of para-hydroxylation sites is 1. The minimum atomic E-state index is -5.08. The molecule has 0 saturated carbocycles. The summed E-state index contributed by atoms with van der Waals surface area (Å²) in [6, 6.07) is 34.7. The van der Waals surface area contributed by atoms with Gasteiger partial charge in [-0.05, 0) is 58.7 Å². The maximum atomic E-state index is 10.6. The second-order valence-electron chi connectivity index (χ2n) is 8.66. The Morgan fingerprint density at radius 2 is 1.23 bits per heavy atom. The van der Waals surface area contributed by atoms with Crippen molar-refractivity contribution in [1.82, 2.24) is 4.90 Å². The summed E-state index contributed by atoms with van der Waals surface area (Å²) in [5, 5.41) is 7.88. The van der Waals surface area contributed by atoms with E-state index in [2.05, 4.69) is 53.4 Å². The van der Waals surface area contributed by atoms with Crippen LogP contribution >= 0.6 is 11.6 Å². The molecule has 0 heterocycles. The highest BCUT2D eigenvalue weighted by Gasteiger charge is 2.38. The quantitative estimate of drug-likeness (QED) is 0.224. The summed E-state index contributed by atoms with van der Waals surface area (Å²) in [4.78, 5) is 11.3. The SMILES string of the molecule is NCc1cccc(CN(Cc2ccc(Cl)cc2)Cc2ccc(Oc3ccccc3)cc2)c1.O=C(O)C(F)(F)F. The van der Waals surface area contributed by atoms with Crippen LogP contribution in [0.5, 0.6) is 11.5 Å². The predicted octanol–water partition coefficient (Wildman–Crippen LogP) is 7.43. The van der Waals surface area contributed by atoms with Gasteiger partial charge in [0, 0.05) is 31.2 Å². The molecule has 0 bridgehead atoms. The Hall–Kier alpha value is -3.85. The molecule has 204 valence electrons. The first-order valence-electron chi connectivity index (χ1n) is 12.0. The van der Waals surface area contributed by atoms with E-state index in [-0.39, 0.29) is 0 Å². The largest absolute Gasteiger partial charge is 0.490 e. The number of hydrogen-bond donors (Lipinski definition) is 2. The summed E-state index contributed by atoms with van der Waals surface area (Å²) < 4.78 is 37.7. The van der Waals surface area contributed by atoms with Crippen molar-refractivity contribution in [1.29, 1.82) is 0 Å². The molecule has 0 aliphatic heterocycles. The Balaban J connectivity index is 0.000000532. The van der Waals surface area contributed by atoms with Crippen LogP contribution in [0.4, 0.5) is 13.2 Å². The van der Waals surface area contributed by atoms with Gasteiger partial charge in [-0.1, -0.05) is 78.3 Å². The molecular formula is C30H28ClF3N2O3. The van der Waals surface area contributed by atoms with Gasteiger partial charge in [-0.3, -0.25) is 4.90 Å². The van der Waals surface area contributed by atoms with E-state index in [9.17, 15) is 13.2 Å². The summed E-state index contributed by atoms with van der Waals surface area (Å²) in [6.07, 6.45) is -5.08. The van der Waals surface area contributed by atoms with Gasteiger partial charge in [0.1, 0.15) is 11.5 Å². The van der Waals surface area contributed by atoms with Gasteiger partial charge in [0.25, 0.3) is 0 Å². The number of rotatable bonds is 9. The maximum Gasteiger partial charge on any atom is 0.490 e. The molecule has 0 aliphatic carbocycles. The van der Waals surface area contributed by atoms with Gasteiger partial charge in [-0.25, -0.2) is 4.79 Å². The van der Waals surface area contributed by atoms with E-state index in [1.165, 1.54) is 16.7 Å². The molecule has 4 aromatic carbocycles. The number of benzene rings is 4. The molecule has 0 aliphatic rings. The normalized spacial score (nSPS) is 11.0. The average Bonchev–Trinajstić information content (AvgIpc) is 2.91. The average molecular weight is 557 g/mol. The van der Waals surface area contributed by atoms with E-state index in [0.29, 0.717) is 6.54 Å². The molecule has 0 spiro atoms. The van der Waals surface area contributed by atoms with Crippen molar-refractivity contribution in [2.24, 2.45) is 5.73 Å². The van der Waals surface area contributed by atoms with Crippen LogP contribution < -0.4 is 10.5 Å². The number of aliphatic carboxylic acids is 1. The number of carboxylic acids is 1. The van der Waals surface area contributed by atoms with Crippen LogP contribution in [0, 0.1) is 0 Å². The van der Waals surface area contributed by atoms with Crippen LogP contribution in [-0.4, -0.2) is 22.2 Å². The highest BCUT2D eigenvalue weighted by molar-refractivity contribution is 6.30. The second kappa shape index (κ2) is 14.3. The lowest BCUT2D eigenvalue weighted by molar-refractivity contribution is -0.192. The number of carboxylic acid groups (broad SMARTS) is 1. The van der Waals surface area contributed by atoms with Gasteiger partial charge < -0.3 is 15.6 Å². The molecule has 0 aromatic heterocycles. The third-order valence-corrected chi connectivity index (χ3v) is 5.76. The molecule has 4 rings (SSSR count). The van der Waals surface area contributed by atoms with Crippen LogP contribution in [0.1, 0.15) is 22.3 Å². The zero-order valence-corrected chi connectivity index (χ0v) is 21.7. The highest BCUT2D eigenvalue weighted by Crippen LogP contribution is 2.23. The Labute approximate surface area is 230 Å². The molecule has 3 N–H and O–H groups in total. The minimum absolute atomic E-state index is 0.550. The van der Waals surface area contributed by atoms with E-state index in [4.69, 9.17) is 32.0 Å². The molecule has 4 aromatic rings. The van der Waals surface area contributed by atoms with E-state index in [0.717, 1.165) is 41.7 Å². The van der Waals surface area contributed by atoms with Gasteiger partial charge in [0.15, 0.2) is 0 Å². The highest BCUT2D eigenvalue weighted by atomic mass is 35.5.